The van der Waals surface area contributed by atoms with Gasteiger partial charge >= 0.3 is 0 Å². The van der Waals surface area contributed by atoms with E-state index in [9.17, 15) is 9.90 Å². The fourth-order valence-corrected chi connectivity index (χ4v) is 5.37. The van der Waals surface area contributed by atoms with Gasteiger partial charge in [0.2, 0.25) is 5.91 Å². The van der Waals surface area contributed by atoms with Gasteiger partial charge in [-0.2, -0.15) is 0 Å². The van der Waals surface area contributed by atoms with Gasteiger partial charge in [-0.25, -0.2) is 0 Å². The van der Waals surface area contributed by atoms with Gasteiger partial charge < -0.3 is 14.7 Å². The highest BCUT2D eigenvalue weighted by molar-refractivity contribution is 7.99. The van der Waals surface area contributed by atoms with Gasteiger partial charge in [-0.1, -0.05) is 36.0 Å². The summed E-state index contributed by atoms with van der Waals surface area (Å²) in [5.41, 5.74) is 2.39. The molecule has 4 rings (SSSR count). The van der Waals surface area contributed by atoms with Crippen LogP contribution in [0.25, 0.3) is 0 Å². The number of hydrogen-bond acceptors (Lipinski definition) is 4. The second-order valence-corrected chi connectivity index (χ2v) is 8.81. The first-order valence-electron chi connectivity index (χ1n) is 10.0. The first kappa shape index (κ1) is 19.5. The van der Waals surface area contributed by atoms with Gasteiger partial charge in [-0.05, 0) is 49.6 Å². The van der Waals surface area contributed by atoms with E-state index in [0.717, 1.165) is 27.5 Å². The highest BCUT2D eigenvalue weighted by Gasteiger charge is 2.35. The Morgan fingerprint density at radius 3 is 2.86 bits per heavy atom. The van der Waals surface area contributed by atoms with Crippen LogP contribution >= 0.6 is 11.8 Å². The number of anilines is 1. The molecule has 0 aliphatic carbocycles. The zero-order valence-electron chi connectivity index (χ0n) is 16.5. The van der Waals surface area contributed by atoms with Crippen molar-refractivity contribution in [3.8, 4) is 0 Å². The lowest BCUT2D eigenvalue weighted by Gasteiger charge is -2.36. The third-order valence-corrected chi connectivity index (χ3v) is 6.76. The molecule has 4 nitrogen and oxygen atoms in total. The van der Waals surface area contributed by atoms with Crippen LogP contribution in [-0.2, 0) is 21.6 Å². The van der Waals surface area contributed by atoms with Crippen LogP contribution in [-0.4, -0.2) is 30.3 Å². The number of aryl methyl sites for hydroxylation is 1. The highest BCUT2D eigenvalue weighted by atomic mass is 32.2. The molecule has 0 radical (unpaired) electrons. The fraction of sp³-hybridized carbons (Fsp3) is 0.435. The molecule has 2 aromatic carbocycles. The van der Waals surface area contributed by atoms with E-state index in [1.54, 1.807) is 11.8 Å². The quantitative estimate of drug-likeness (QED) is 0.824. The Morgan fingerprint density at radius 2 is 2.07 bits per heavy atom. The molecular formula is C23H27NO3S. The maximum Gasteiger partial charge on any atom is 0.227 e. The van der Waals surface area contributed by atoms with Crippen molar-refractivity contribution in [2.24, 2.45) is 0 Å². The molecule has 1 N–H and O–H groups in total. The summed E-state index contributed by atoms with van der Waals surface area (Å²) < 4.78 is 5.61. The minimum atomic E-state index is -0.838. The van der Waals surface area contributed by atoms with Crippen molar-refractivity contribution in [3.05, 3.63) is 53.6 Å². The Bertz CT molecular complexity index is 884. The summed E-state index contributed by atoms with van der Waals surface area (Å²) in [5.74, 6) is 0.197. The number of para-hydroxylation sites is 1. The highest BCUT2D eigenvalue weighted by Crippen LogP contribution is 2.42. The van der Waals surface area contributed by atoms with Crippen molar-refractivity contribution in [1.82, 2.24) is 0 Å². The lowest BCUT2D eigenvalue weighted by molar-refractivity contribution is -0.118. The summed E-state index contributed by atoms with van der Waals surface area (Å²) in [7, 11) is 0. The molecule has 2 aromatic rings. The molecule has 2 aliphatic heterocycles. The molecule has 28 heavy (non-hydrogen) atoms. The summed E-state index contributed by atoms with van der Waals surface area (Å²) in [4.78, 5) is 16.5. The lowest BCUT2D eigenvalue weighted by atomic mass is 9.84. The van der Waals surface area contributed by atoms with Gasteiger partial charge in [0.25, 0.3) is 0 Å². The third-order valence-electron chi connectivity index (χ3n) is 5.72. The monoisotopic (exact) mass is 397 g/mol. The number of carbonyl (C=O) groups excluding carboxylic acids is 1. The molecule has 1 saturated heterocycles. The van der Waals surface area contributed by atoms with Crippen LogP contribution in [0.4, 0.5) is 5.69 Å². The van der Waals surface area contributed by atoms with Gasteiger partial charge in [0, 0.05) is 35.6 Å². The van der Waals surface area contributed by atoms with E-state index < -0.39 is 5.60 Å². The standard InChI is InChI=1S/C23H27NO3S/c1-3-24-21(25)11-10-17-6-4-9-20(22(17)24)28-19-8-5-7-18(14-19)23(26)12-13-27-16(2)15-23/h4-9,14,16,26H,3,10-13,15H2,1-2H3/t16-,23+/m0/s1. The number of rotatable bonds is 4. The molecule has 2 aliphatic rings. The topological polar surface area (TPSA) is 49.8 Å². The maximum atomic E-state index is 12.4. The van der Waals surface area contributed by atoms with Gasteiger partial charge in [0.1, 0.15) is 0 Å². The van der Waals surface area contributed by atoms with Crippen molar-refractivity contribution in [2.45, 2.75) is 61.0 Å². The largest absolute Gasteiger partial charge is 0.385 e. The zero-order chi connectivity index (χ0) is 19.7. The van der Waals surface area contributed by atoms with Crippen LogP contribution in [0.2, 0.25) is 0 Å². The minimum Gasteiger partial charge on any atom is -0.385 e. The molecule has 2 atom stereocenters. The van der Waals surface area contributed by atoms with Crippen LogP contribution in [0.1, 0.15) is 44.2 Å². The second-order valence-electron chi connectivity index (χ2n) is 7.70. The van der Waals surface area contributed by atoms with Crippen LogP contribution in [0, 0.1) is 0 Å². The number of nitrogens with zero attached hydrogens (tertiary/aromatic N) is 1. The second kappa shape index (κ2) is 7.90. The molecule has 5 heteroatoms. The van der Waals surface area contributed by atoms with Crippen molar-refractivity contribution < 1.29 is 14.6 Å². The number of benzene rings is 2. The Hall–Kier alpha value is -1.82. The summed E-state index contributed by atoms with van der Waals surface area (Å²) in [6.45, 7) is 5.29. The molecule has 2 heterocycles. The summed E-state index contributed by atoms with van der Waals surface area (Å²) >= 11 is 1.66. The first-order valence-corrected chi connectivity index (χ1v) is 10.9. The Balaban J connectivity index is 1.65. The van der Waals surface area contributed by atoms with Crippen LogP contribution < -0.4 is 4.90 Å². The summed E-state index contributed by atoms with van der Waals surface area (Å²) in [6.07, 6.45) is 2.67. The van der Waals surface area contributed by atoms with E-state index >= 15 is 0 Å². The molecule has 0 unspecified atom stereocenters. The normalized spacial score (nSPS) is 24.9. The molecule has 0 bridgehead atoms. The fourth-order valence-electron chi connectivity index (χ4n) is 4.30. The van der Waals surface area contributed by atoms with Crippen LogP contribution in [0.5, 0.6) is 0 Å². The van der Waals surface area contributed by atoms with Crippen molar-refractivity contribution >= 4 is 23.4 Å². The van der Waals surface area contributed by atoms with Gasteiger partial charge in [-0.3, -0.25) is 4.79 Å². The molecule has 1 fully saturated rings. The molecule has 1 amide bonds. The average Bonchev–Trinajstić information content (AvgIpc) is 2.68. The summed E-state index contributed by atoms with van der Waals surface area (Å²) in [6, 6.07) is 14.4. The third kappa shape index (κ3) is 3.71. The Labute approximate surface area is 170 Å². The number of fused-ring (bicyclic) bond motifs is 1. The van der Waals surface area contributed by atoms with Gasteiger partial charge in [-0.15, -0.1) is 0 Å². The molecule has 148 valence electrons. The van der Waals surface area contributed by atoms with Crippen LogP contribution in [0.3, 0.4) is 0 Å². The van der Waals surface area contributed by atoms with Gasteiger partial charge in [0.15, 0.2) is 0 Å². The van der Waals surface area contributed by atoms with E-state index in [-0.39, 0.29) is 12.0 Å². The Morgan fingerprint density at radius 1 is 1.25 bits per heavy atom. The molecule has 0 aromatic heterocycles. The van der Waals surface area contributed by atoms with Crippen molar-refractivity contribution in [1.29, 1.82) is 0 Å². The average molecular weight is 398 g/mol. The number of hydrogen-bond donors (Lipinski definition) is 1. The van der Waals surface area contributed by atoms with E-state index in [1.807, 2.05) is 30.9 Å². The smallest absolute Gasteiger partial charge is 0.227 e. The SMILES string of the molecule is CCN1C(=O)CCc2cccc(Sc3cccc([C@@]4(O)CCO[C@@H](C)C4)c3)c21. The van der Waals surface area contributed by atoms with Crippen LogP contribution in [0.15, 0.2) is 52.3 Å². The number of aliphatic hydroxyl groups is 1. The van der Waals surface area contributed by atoms with E-state index in [1.165, 1.54) is 5.56 Å². The summed E-state index contributed by atoms with van der Waals surface area (Å²) in [5, 5.41) is 11.2. The van der Waals surface area contributed by atoms with E-state index in [4.69, 9.17) is 4.74 Å². The predicted octanol–water partition coefficient (Wildman–Crippen LogP) is 4.52. The first-order chi connectivity index (χ1) is 13.5. The minimum absolute atomic E-state index is 0.0559. The zero-order valence-corrected chi connectivity index (χ0v) is 17.3. The Kier molecular flexibility index (Phi) is 5.50. The molecule has 0 spiro atoms. The van der Waals surface area contributed by atoms with Gasteiger partial charge in [0.05, 0.1) is 24.0 Å². The van der Waals surface area contributed by atoms with E-state index in [0.29, 0.717) is 32.4 Å². The number of carbonyl (C=O) groups is 1. The predicted molar refractivity (Wildman–Crippen MR) is 112 cm³/mol. The molecule has 0 saturated carbocycles. The molecular weight excluding hydrogens is 370 g/mol. The van der Waals surface area contributed by atoms with E-state index in [2.05, 4.69) is 30.3 Å². The number of amides is 1. The number of ether oxygens (including phenoxy) is 1. The maximum absolute atomic E-state index is 12.4. The van der Waals surface area contributed by atoms with Crippen molar-refractivity contribution in [3.63, 3.8) is 0 Å². The van der Waals surface area contributed by atoms with Crippen molar-refractivity contribution in [2.75, 3.05) is 18.1 Å². The lowest BCUT2D eigenvalue weighted by Crippen LogP contribution is -2.37.